The highest BCUT2D eigenvalue weighted by Crippen LogP contribution is 2.10. The van der Waals surface area contributed by atoms with Gasteiger partial charge in [0.15, 0.2) is 0 Å². The van der Waals surface area contributed by atoms with Gasteiger partial charge < -0.3 is 10.0 Å². The van der Waals surface area contributed by atoms with Crippen LogP contribution in [0, 0.1) is 0 Å². The second kappa shape index (κ2) is 4.26. The lowest BCUT2D eigenvalue weighted by molar-refractivity contribution is -0.130. The van der Waals surface area contributed by atoms with Gasteiger partial charge in [0.05, 0.1) is 6.10 Å². The van der Waals surface area contributed by atoms with E-state index < -0.39 is 0 Å². The summed E-state index contributed by atoms with van der Waals surface area (Å²) < 4.78 is 0. The smallest absolute Gasteiger partial charge is 0.222 e. The van der Waals surface area contributed by atoms with Crippen LogP contribution in [0.15, 0.2) is 12.7 Å². The van der Waals surface area contributed by atoms with Crippen molar-refractivity contribution in [3.63, 3.8) is 0 Å². The number of hydrogen-bond donors (Lipinski definition) is 1. The molecule has 1 saturated heterocycles. The number of amides is 1. The Balaban J connectivity index is 2.28. The van der Waals surface area contributed by atoms with Crippen molar-refractivity contribution in [3.05, 3.63) is 12.7 Å². The minimum atomic E-state index is -0.308. The maximum absolute atomic E-state index is 11.3. The summed E-state index contributed by atoms with van der Waals surface area (Å²) in [6.07, 6.45) is 3.41. The monoisotopic (exact) mass is 169 g/mol. The predicted molar refractivity (Wildman–Crippen MR) is 46.6 cm³/mol. The number of hydrogen-bond acceptors (Lipinski definition) is 2. The molecule has 0 aromatic rings. The van der Waals surface area contributed by atoms with Gasteiger partial charge in [0, 0.05) is 19.5 Å². The number of carbonyl (C=O) groups excluding carboxylic acids is 1. The summed E-state index contributed by atoms with van der Waals surface area (Å²) in [6.45, 7) is 4.77. The van der Waals surface area contributed by atoms with Crippen LogP contribution in [0.1, 0.15) is 19.3 Å². The van der Waals surface area contributed by atoms with Crippen LogP contribution in [0.5, 0.6) is 0 Å². The Morgan fingerprint density at radius 2 is 2.50 bits per heavy atom. The molecule has 0 radical (unpaired) electrons. The molecule has 0 aromatic heterocycles. The average Bonchev–Trinajstić information content (AvgIpc) is 2.47. The van der Waals surface area contributed by atoms with E-state index in [9.17, 15) is 4.79 Å². The summed E-state index contributed by atoms with van der Waals surface area (Å²) in [6, 6.07) is 0. The van der Waals surface area contributed by atoms with E-state index in [0.717, 1.165) is 12.8 Å². The lowest BCUT2D eigenvalue weighted by Crippen LogP contribution is -2.29. The molecule has 0 aliphatic carbocycles. The van der Waals surface area contributed by atoms with Gasteiger partial charge >= 0.3 is 0 Å². The first kappa shape index (κ1) is 9.26. The molecule has 0 bridgehead atoms. The molecule has 0 saturated carbocycles. The zero-order valence-corrected chi connectivity index (χ0v) is 7.20. The second-order valence-corrected chi connectivity index (χ2v) is 3.11. The Labute approximate surface area is 72.7 Å². The summed E-state index contributed by atoms with van der Waals surface area (Å²) in [5, 5.41) is 9.16. The van der Waals surface area contributed by atoms with Gasteiger partial charge in [0.2, 0.25) is 5.91 Å². The van der Waals surface area contributed by atoms with E-state index in [1.807, 2.05) is 0 Å². The zero-order chi connectivity index (χ0) is 8.97. The molecule has 1 aliphatic heterocycles. The van der Waals surface area contributed by atoms with Crippen molar-refractivity contribution in [3.8, 4) is 0 Å². The molecule has 1 fully saturated rings. The number of likely N-dealkylation sites (tertiary alicyclic amines) is 1. The van der Waals surface area contributed by atoms with E-state index in [2.05, 4.69) is 6.58 Å². The molecular formula is C9H15NO2. The van der Waals surface area contributed by atoms with E-state index >= 15 is 0 Å². The maximum atomic E-state index is 11.3. The fraction of sp³-hybridized carbons (Fsp3) is 0.667. The SMILES string of the molecule is C=CCCC(=O)N1CC[C@H](O)C1. The van der Waals surface area contributed by atoms with Gasteiger partial charge in [-0.1, -0.05) is 6.08 Å². The summed E-state index contributed by atoms with van der Waals surface area (Å²) in [5.74, 6) is 0.131. The van der Waals surface area contributed by atoms with E-state index in [0.29, 0.717) is 19.5 Å². The van der Waals surface area contributed by atoms with Crippen LogP contribution in [-0.2, 0) is 4.79 Å². The van der Waals surface area contributed by atoms with Crippen molar-refractivity contribution in [2.24, 2.45) is 0 Å². The van der Waals surface area contributed by atoms with E-state index in [4.69, 9.17) is 5.11 Å². The fourth-order valence-corrected chi connectivity index (χ4v) is 1.35. The zero-order valence-electron chi connectivity index (χ0n) is 7.20. The van der Waals surface area contributed by atoms with Crippen LogP contribution < -0.4 is 0 Å². The van der Waals surface area contributed by atoms with Crippen molar-refractivity contribution in [1.82, 2.24) is 4.90 Å². The van der Waals surface area contributed by atoms with Crippen molar-refractivity contribution in [2.75, 3.05) is 13.1 Å². The molecule has 1 atom stereocenters. The maximum Gasteiger partial charge on any atom is 0.222 e. The van der Waals surface area contributed by atoms with Crippen LogP contribution in [0.4, 0.5) is 0 Å². The molecule has 0 aromatic carbocycles. The molecule has 1 amide bonds. The van der Waals surface area contributed by atoms with E-state index in [1.165, 1.54) is 0 Å². The van der Waals surface area contributed by atoms with Crippen molar-refractivity contribution in [1.29, 1.82) is 0 Å². The van der Waals surface area contributed by atoms with Gasteiger partial charge in [-0.25, -0.2) is 0 Å². The largest absolute Gasteiger partial charge is 0.391 e. The minimum Gasteiger partial charge on any atom is -0.391 e. The lowest BCUT2D eigenvalue weighted by Gasteiger charge is -2.14. The molecule has 0 spiro atoms. The fourth-order valence-electron chi connectivity index (χ4n) is 1.35. The number of allylic oxidation sites excluding steroid dienone is 1. The summed E-state index contributed by atoms with van der Waals surface area (Å²) in [7, 11) is 0. The molecule has 3 heteroatoms. The average molecular weight is 169 g/mol. The molecule has 1 heterocycles. The van der Waals surface area contributed by atoms with Gasteiger partial charge in [-0.3, -0.25) is 4.79 Å². The third-order valence-corrected chi connectivity index (χ3v) is 2.08. The topological polar surface area (TPSA) is 40.5 Å². The predicted octanol–water partition coefficient (Wildman–Crippen LogP) is 0.546. The number of aliphatic hydroxyl groups excluding tert-OH is 1. The Kier molecular flexibility index (Phi) is 3.29. The third-order valence-electron chi connectivity index (χ3n) is 2.08. The van der Waals surface area contributed by atoms with Gasteiger partial charge in [0.1, 0.15) is 0 Å². The number of aliphatic hydroxyl groups is 1. The lowest BCUT2D eigenvalue weighted by atomic mass is 10.3. The highest BCUT2D eigenvalue weighted by atomic mass is 16.3. The summed E-state index contributed by atoms with van der Waals surface area (Å²) in [5.41, 5.74) is 0. The molecule has 1 N–H and O–H groups in total. The van der Waals surface area contributed by atoms with Crippen molar-refractivity contribution in [2.45, 2.75) is 25.4 Å². The normalized spacial score (nSPS) is 22.8. The van der Waals surface area contributed by atoms with Crippen molar-refractivity contribution >= 4 is 5.91 Å². The van der Waals surface area contributed by atoms with Gasteiger partial charge in [-0.05, 0) is 12.8 Å². The number of β-amino-alcohol motifs (C(OH)–C–C–N with tert-alkyl or cyclic N) is 1. The standard InChI is InChI=1S/C9H15NO2/c1-2-3-4-9(12)10-6-5-8(11)7-10/h2,8,11H,1,3-7H2/t8-/m0/s1. The highest BCUT2D eigenvalue weighted by molar-refractivity contribution is 5.76. The third kappa shape index (κ3) is 2.34. The first-order valence-electron chi connectivity index (χ1n) is 4.30. The molecule has 0 unspecified atom stereocenters. The second-order valence-electron chi connectivity index (χ2n) is 3.11. The molecule has 3 nitrogen and oxygen atoms in total. The van der Waals surface area contributed by atoms with Gasteiger partial charge in [-0.2, -0.15) is 0 Å². The molecule has 1 aliphatic rings. The quantitative estimate of drug-likeness (QED) is 0.627. The Morgan fingerprint density at radius 1 is 1.75 bits per heavy atom. The van der Waals surface area contributed by atoms with Crippen LogP contribution in [0.25, 0.3) is 0 Å². The number of carbonyl (C=O) groups is 1. The van der Waals surface area contributed by atoms with Crippen LogP contribution in [0.2, 0.25) is 0 Å². The van der Waals surface area contributed by atoms with Crippen molar-refractivity contribution < 1.29 is 9.90 Å². The first-order chi connectivity index (χ1) is 5.74. The molecule has 68 valence electrons. The summed E-state index contributed by atoms with van der Waals surface area (Å²) >= 11 is 0. The van der Waals surface area contributed by atoms with Gasteiger partial charge in [0.25, 0.3) is 0 Å². The molecular weight excluding hydrogens is 154 g/mol. The van der Waals surface area contributed by atoms with Crippen LogP contribution in [-0.4, -0.2) is 35.1 Å². The van der Waals surface area contributed by atoms with Gasteiger partial charge in [-0.15, -0.1) is 6.58 Å². The minimum absolute atomic E-state index is 0.131. The summed E-state index contributed by atoms with van der Waals surface area (Å²) in [4.78, 5) is 13.0. The van der Waals surface area contributed by atoms with E-state index in [1.54, 1.807) is 11.0 Å². The van der Waals surface area contributed by atoms with Crippen LogP contribution >= 0.6 is 0 Å². The molecule has 12 heavy (non-hydrogen) atoms. The Morgan fingerprint density at radius 3 is 3.00 bits per heavy atom. The van der Waals surface area contributed by atoms with Crippen LogP contribution in [0.3, 0.4) is 0 Å². The Bertz CT molecular complexity index is 179. The Hall–Kier alpha value is -0.830. The number of nitrogens with zero attached hydrogens (tertiary/aromatic N) is 1. The van der Waals surface area contributed by atoms with E-state index in [-0.39, 0.29) is 12.0 Å². The highest BCUT2D eigenvalue weighted by Gasteiger charge is 2.23. The first-order valence-corrected chi connectivity index (χ1v) is 4.30. The molecule has 1 rings (SSSR count). The number of rotatable bonds is 3.